The molecule has 1 aliphatic heterocycles. The fraction of sp³-hybridized carbons (Fsp3) is 0.818. The van der Waals surface area contributed by atoms with E-state index in [0.717, 1.165) is 32.1 Å². The highest BCUT2D eigenvalue weighted by molar-refractivity contribution is 5.04. The van der Waals surface area contributed by atoms with Crippen LogP contribution in [0.2, 0.25) is 0 Å². The highest BCUT2D eigenvalue weighted by atomic mass is 16.6. The van der Waals surface area contributed by atoms with E-state index in [4.69, 9.17) is 14.9 Å². The summed E-state index contributed by atoms with van der Waals surface area (Å²) in [6.07, 6.45) is 4.83. The molecule has 0 bridgehead atoms. The van der Waals surface area contributed by atoms with E-state index in [1.807, 2.05) is 0 Å². The fourth-order valence-electron chi connectivity index (χ4n) is 1.28. The van der Waals surface area contributed by atoms with Crippen molar-refractivity contribution in [3.63, 3.8) is 0 Å². The normalized spacial score (nSPS) is 24.1. The van der Waals surface area contributed by atoms with Crippen LogP contribution in [0.25, 0.3) is 0 Å². The van der Waals surface area contributed by atoms with Gasteiger partial charge in [-0.25, -0.2) is 0 Å². The van der Waals surface area contributed by atoms with Gasteiger partial charge in [-0.05, 0) is 12.8 Å². The van der Waals surface area contributed by atoms with E-state index < -0.39 is 0 Å². The second-order valence-corrected chi connectivity index (χ2v) is 3.49. The first-order chi connectivity index (χ1) is 6.88. The van der Waals surface area contributed by atoms with Gasteiger partial charge in [-0.2, -0.15) is 0 Å². The van der Waals surface area contributed by atoms with Gasteiger partial charge in [0.05, 0.1) is 12.7 Å². The molecule has 3 nitrogen and oxygen atoms in total. The molecule has 0 aliphatic carbocycles. The standard InChI is InChI=1S/C11H18O3/c12-8-6-4-2-1-3-5-7-10-11(9-13)14-10/h10-13H,1-2,4,6-9H2/t10-,11-/m0/s1. The number of aliphatic hydroxyl groups is 2. The van der Waals surface area contributed by atoms with Gasteiger partial charge in [-0.3, -0.25) is 0 Å². The van der Waals surface area contributed by atoms with Crippen LogP contribution < -0.4 is 0 Å². The molecule has 1 aliphatic rings. The monoisotopic (exact) mass is 198 g/mol. The van der Waals surface area contributed by atoms with E-state index in [9.17, 15) is 0 Å². The van der Waals surface area contributed by atoms with E-state index >= 15 is 0 Å². The lowest BCUT2D eigenvalue weighted by Gasteiger charge is -1.91. The highest BCUT2D eigenvalue weighted by Crippen LogP contribution is 2.23. The topological polar surface area (TPSA) is 53.0 Å². The van der Waals surface area contributed by atoms with Crippen molar-refractivity contribution in [2.45, 2.75) is 44.3 Å². The Hall–Kier alpha value is -0.560. The molecule has 0 aromatic heterocycles. The van der Waals surface area contributed by atoms with Gasteiger partial charge < -0.3 is 14.9 Å². The van der Waals surface area contributed by atoms with Crippen molar-refractivity contribution < 1.29 is 14.9 Å². The van der Waals surface area contributed by atoms with E-state index in [0.29, 0.717) is 0 Å². The zero-order chi connectivity index (χ0) is 10.2. The number of unbranched alkanes of at least 4 members (excludes halogenated alkanes) is 3. The zero-order valence-electron chi connectivity index (χ0n) is 8.41. The van der Waals surface area contributed by atoms with Crippen molar-refractivity contribution in [1.29, 1.82) is 0 Å². The molecule has 0 spiro atoms. The molecule has 2 atom stereocenters. The number of aliphatic hydroxyl groups excluding tert-OH is 2. The van der Waals surface area contributed by atoms with Crippen molar-refractivity contribution >= 4 is 0 Å². The minimum atomic E-state index is 0.0405. The Balaban J connectivity index is 1.89. The minimum absolute atomic E-state index is 0.0405. The molecule has 0 amide bonds. The van der Waals surface area contributed by atoms with Gasteiger partial charge in [0, 0.05) is 19.4 Å². The molecule has 3 heteroatoms. The summed E-state index contributed by atoms with van der Waals surface area (Å²) in [5.74, 6) is 6.11. The molecular formula is C11H18O3. The molecule has 0 aromatic rings. The van der Waals surface area contributed by atoms with Crippen molar-refractivity contribution in [2.75, 3.05) is 13.2 Å². The van der Waals surface area contributed by atoms with Gasteiger partial charge in [0.1, 0.15) is 6.10 Å². The molecule has 2 N–H and O–H groups in total. The molecule has 1 rings (SSSR count). The van der Waals surface area contributed by atoms with Crippen LogP contribution in [0.1, 0.15) is 32.1 Å². The molecule has 0 saturated carbocycles. The highest BCUT2D eigenvalue weighted by Gasteiger charge is 2.36. The Kier molecular flexibility index (Phi) is 5.62. The first-order valence-corrected chi connectivity index (χ1v) is 5.21. The summed E-state index contributed by atoms with van der Waals surface area (Å²) in [6, 6.07) is 0. The van der Waals surface area contributed by atoms with Gasteiger partial charge in [-0.1, -0.05) is 6.42 Å². The van der Waals surface area contributed by atoms with Crippen LogP contribution in [0.4, 0.5) is 0 Å². The van der Waals surface area contributed by atoms with Crippen LogP contribution in [0.5, 0.6) is 0 Å². The molecule has 0 radical (unpaired) electrons. The Morgan fingerprint density at radius 2 is 1.86 bits per heavy atom. The molecule has 0 unspecified atom stereocenters. The van der Waals surface area contributed by atoms with E-state index in [1.54, 1.807) is 0 Å². The molecular weight excluding hydrogens is 180 g/mol. The molecule has 1 fully saturated rings. The summed E-state index contributed by atoms with van der Waals surface area (Å²) in [7, 11) is 0. The summed E-state index contributed by atoms with van der Waals surface area (Å²) in [5.41, 5.74) is 0. The number of hydrogen-bond acceptors (Lipinski definition) is 3. The number of hydrogen-bond donors (Lipinski definition) is 2. The van der Waals surface area contributed by atoms with Crippen LogP contribution in [-0.2, 0) is 4.74 Å². The average Bonchev–Trinajstić information content (AvgIpc) is 2.95. The van der Waals surface area contributed by atoms with Gasteiger partial charge in [0.25, 0.3) is 0 Å². The number of epoxide rings is 1. The van der Waals surface area contributed by atoms with E-state index in [2.05, 4.69) is 11.8 Å². The summed E-state index contributed by atoms with van der Waals surface area (Å²) >= 11 is 0. The lowest BCUT2D eigenvalue weighted by atomic mass is 10.2. The Morgan fingerprint density at radius 1 is 1.00 bits per heavy atom. The third kappa shape index (κ3) is 4.61. The molecule has 0 aromatic carbocycles. The quantitative estimate of drug-likeness (QED) is 0.375. The van der Waals surface area contributed by atoms with Crippen molar-refractivity contribution in [3.05, 3.63) is 0 Å². The maximum Gasteiger partial charge on any atom is 0.108 e. The first kappa shape index (κ1) is 11.5. The van der Waals surface area contributed by atoms with Crippen LogP contribution in [0.15, 0.2) is 0 Å². The van der Waals surface area contributed by atoms with Crippen LogP contribution >= 0.6 is 0 Å². The van der Waals surface area contributed by atoms with E-state index in [1.165, 1.54) is 0 Å². The summed E-state index contributed by atoms with van der Waals surface area (Å²) in [6.45, 7) is 0.393. The second-order valence-electron chi connectivity index (χ2n) is 3.49. The van der Waals surface area contributed by atoms with Crippen molar-refractivity contribution in [2.24, 2.45) is 0 Å². The first-order valence-electron chi connectivity index (χ1n) is 5.21. The zero-order valence-corrected chi connectivity index (χ0v) is 8.41. The van der Waals surface area contributed by atoms with Gasteiger partial charge in [0.2, 0.25) is 0 Å². The largest absolute Gasteiger partial charge is 0.396 e. The van der Waals surface area contributed by atoms with Gasteiger partial charge >= 0.3 is 0 Å². The fourth-order valence-corrected chi connectivity index (χ4v) is 1.28. The lowest BCUT2D eigenvalue weighted by Crippen LogP contribution is -1.97. The lowest BCUT2D eigenvalue weighted by molar-refractivity contribution is 0.242. The molecule has 14 heavy (non-hydrogen) atoms. The van der Waals surface area contributed by atoms with Crippen molar-refractivity contribution in [1.82, 2.24) is 0 Å². The average molecular weight is 198 g/mol. The third-order valence-electron chi connectivity index (χ3n) is 2.26. The van der Waals surface area contributed by atoms with E-state index in [-0.39, 0.29) is 25.4 Å². The Morgan fingerprint density at radius 3 is 2.50 bits per heavy atom. The summed E-state index contributed by atoms with van der Waals surface area (Å²) < 4.78 is 5.13. The van der Waals surface area contributed by atoms with Crippen LogP contribution in [-0.4, -0.2) is 35.6 Å². The molecule has 1 saturated heterocycles. The van der Waals surface area contributed by atoms with Crippen LogP contribution in [0, 0.1) is 11.8 Å². The van der Waals surface area contributed by atoms with Crippen molar-refractivity contribution in [3.8, 4) is 11.8 Å². The second kappa shape index (κ2) is 6.83. The molecule has 80 valence electrons. The third-order valence-corrected chi connectivity index (χ3v) is 2.26. The Bertz CT molecular complexity index is 204. The SMILES string of the molecule is OCCCCCC#CC[C@@H]1O[C@H]1CO. The van der Waals surface area contributed by atoms with Crippen LogP contribution in [0.3, 0.4) is 0 Å². The predicted molar refractivity (Wildman–Crippen MR) is 53.7 cm³/mol. The van der Waals surface area contributed by atoms with Gasteiger partial charge in [0.15, 0.2) is 0 Å². The maximum atomic E-state index is 8.68. The summed E-state index contributed by atoms with van der Waals surface area (Å²) in [5, 5.41) is 17.2. The predicted octanol–water partition coefficient (Wildman–Crippen LogP) is 0.692. The molecule has 1 heterocycles. The smallest absolute Gasteiger partial charge is 0.108 e. The maximum absolute atomic E-state index is 8.68. The minimum Gasteiger partial charge on any atom is -0.396 e. The summed E-state index contributed by atoms with van der Waals surface area (Å²) in [4.78, 5) is 0. The number of rotatable bonds is 6. The Labute approximate surface area is 85.1 Å². The number of ether oxygens (including phenoxy) is 1. The van der Waals surface area contributed by atoms with Gasteiger partial charge in [-0.15, -0.1) is 11.8 Å².